The average molecular weight is 294 g/mol. The lowest BCUT2D eigenvalue weighted by molar-refractivity contribution is 0.0528. The fourth-order valence-corrected chi connectivity index (χ4v) is 2.32. The van der Waals surface area contributed by atoms with Crippen LogP contribution in [0, 0.1) is 6.92 Å². The van der Waals surface area contributed by atoms with Crippen LogP contribution in [0.2, 0.25) is 0 Å². The van der Waals surface area contributed by atoms with E-state index in [9.17, 15) is 9.59 Å². The summed E-state index contributed by atoms with van der Waals surface area (Å²) in [7, 11) is 0. The van der Waals surface area contributed by atoms with E-state index in [1.54, 1.807) is 25.3 Å². The van der Waals surface area contributed by atoms with E-state index in [-0.39, 0.29) is 18.0 Å². The predicted octanol–water partition coefficient (Wildman–Crippen LogP) is 1.79. The first-order chi connectivity index (χ1) is 9.54. The Morgan fingerprint density at radius 3 is 2.90 bits per heavy atom. The number of H-pyrrole nitrogens is 1. The molecule has 0 radical (unpaired) electrons. The van der Waals surface area contributed by atoms with Gasteiger partial charge < -0.3 is 15.8 Å². The van der Waals surface area contributed by atoms with E-state index in [0.717, 1.165) is 0 Å². The molecule has 2 aromatic rings. The highest BCUT2D eigenvalue weighted by molar-refractivity contribution is 7.14. The molecule has 0 unspecified atom stereocenters. The van der Waals surface area contributed by atoms with Crippen molar-refractivity contribution in [2.45, 2.75) is 13.8 Å². The number of thiophene rings is 1. The van der Waals surface area contributed by atoms with E-state index in [1.165, 1.54) is 11.3 Å². The van der Waals surface area contributed by atoms with Crippen LogP contribution in [-0.2, 0) is 4.74 Å². The minimum Gasteiger partial charge on any atom is -0.462 e. The summed E-state index contributed by atoms with van der Waals surface area (Å²) in [6.07, 6.45) is 0. The Labute approximate surface area is 119 Å². The number of aryl methyl sites for hydroxylation is 1. The first kappa shape index (κ1) is 14.1. The molecule has 0 fully saturated rings. The van der Waals surface area contributed by atoms with Crippen molar-refractivity contribution in [3.63, 3.8) is 0 Å². The number of nitrogens with one attached hydrogen (secondary N) is 2. The lowest BCUT2D eigenvalue weighted by Gasteiger charge is -2.05. The number of rotatable bonds is 4. The van der Waals surface area contributed by atoms with Crippen molar-refractivity contribution in [1.29, 1.82) is 0 Å². The number of hydrogen-bond donors (Lipinski definition) is 3. The number of aromatic nitrogens is 2. The Morgan fingerprint density at radius 1 is 1.55 bits per heavy atom. The molecule has 0 aliphatic heterocycles. The van der Waals surface area contributed by atoms with E-state index in [1.807, 2.05) is 0 Å². The van der Waals surface area contributed by atoms with Gasteiger partial charge in [0, 0.05) is 0 Å². The third-order valence-electron chi connectivity index (χ3n) is 2.60. The van der Waals surface area contributed by atoms with Gasteiger partial charge in [-0.25, -0.2) is 4.79 Å². The molecule has 7 nitrogen and oxygen atoms in total. The van der Waals surface area contributed by atoms with Gasteiger partial charge >= 0.3 is 5.97 Å². The van der Waals surface area contributed by atoms with Gasteiger partial charge in [0.2, 0.25) is 0 Å². The van der Waals surface area contributed by atoms with Crippen LogP contribution in [-0.4, -0.2) is 28.7 Å². The van der Waals surface area contributed by atoms with Crippen molar-refractivity contribution in [3.05, 3.63) is 28.4 Å². The van der Waals surface area contributed by atoms with Crippen molar-refractivity contribution in [2.24, 2.45) is 0 Å². The van der Waals surface area contributed by atoms with Crippen LogP contribution in [0.25, 0.3) is 0 Å². The van der Waals surface area contributed by atoms with Gasteiger partial charge in [-0.05, 0) is 25.3 Å². The molecule has 8 heteroatoms. The zero-order valence-corrected chi connectivity index (χ0v) is 11.8. The highest BCUT2D eigenvalue weighted by atomic mass is 32.1. The summed E-state index contributed by atoms with van der Waals surface area (Å²) in [5.41, 5.74) is 7.06. The minimum absolute atomic E-state index is 0.103. The second kappa shape index (κ2) is 5.74. The zero-order chi connectivity index (χ0) is 14.7. The van der Waals surface area contributed by atoms with Gasteiger partial charge in [0.25, 0.3) is 5.91 Å². The average Bonchev–Trinajstić information content (AvgIpc) is 2.98. The number of ether oxygens (including phenoxy) is 1. The van der Waals surface area contributed by atoms with Crippen LogP contribution in [0.15, 0.2) is 11.4 Å². The number of carbonyl (C=O) groups is 2. The molecule has 0 atom stereocenters. The van der Waals surface area contributed by atoms with Crippen molar-refractivity contribution in [1.82, 2.24) is 10.2 Å². The molecule has 0 saturated heterocycles. The van der Waals surface area contributed by atoms with Gasteiger partial charge in [0.15, 0.2) is 5.69 Å². The number of nitrogen functional groups attached to an aromatic ring is 1. The Hall–Kier alpha value is -2.35. The van der Waals surface area contributed by atoms with Gasteiger partial charge in [0.05, 0.1) is 23.6 Å². The smallest absolute Gasteiger partial charge is 0.341 e. The Balaban J connectivity index is 2.19. The Kier molecular flexibility index (Phi) is 4.04. The van der Waals surface area contributed by atoms with Crippen LogP contribution >= 0.6 is 11.3 Å². The molecule has 0 aliphatic rings. The van der Waals surface area contributed by atoms with Crippen molar-refractivity contribution < 1.29 is 14.3 Å². The van der Waals surface area contributed by atoms with Crippen LogP contribution in [0.4, 0.5) is 10.7 Å². The number of nitrogens with zero attached hydrogens (tertiary/aromatic N) is 1. The predicted molar refractivity (Wildman–Crippen MR) is 76.0 cm³/mol. The zero-order valence-electron chi connectivity index (χ0n) is 11.0. The molecule has 106 valence electrons. The molecule has 2 aromatic heterocycles. The molecule has 0 aromatic carbocycles. The lowest BCUT2D eigenvalue weighted by atomic mass is 10.3. The van der Waals surface area contributed by atoms with Crippen molar-refractivity contribution >= 4 is 33.9 Å². The normalized spacial score (nSPS) is 10.3. The van der Waals surface area contributed by atoms with Crippen molar-refractivity contribution in [2.75, 3.05) is 17.7 Å². The summed E-state index contributed by atoms with van der Waals surface area (Å²) in [5, 5.41) is 11.2. The summed E-state index contributed by atoms with van der Waals surface area (Å²) in [6.45, 7) is 3.71. The Morgan fingerprint density at radius 2 is 2.30 bits per heavy atom. The highest BCUT2D eigenvalue weighted by Crippen LogP contribution is 2.25. The van der Waals surface area contributed by atoms with E-state index in [2.05, 4.69) is 15.5 Å². The number of aromatic amines is 1. The number of esters is 1. The summed E-state index contributed by atoms with van der Waals surface area (Å²) < 4.78 is 4.91. The maximum atomic E-state index is 12.1. The van der Waals surface area contributed by atoms with E-state index in [4.69, 9.17) is 10.5 Å². The highest BCUT2D eigenvalue weighted by Gasteiger charge is 2.20. The second-order valence-electron chi connectivity index (χ2n) is 3.95. The van der Waals surface area contributed by atoms with E-state index in [0.29, 0.717) is 16.3 Å². The van der Waals surface area contributed by atoms with Crippen LogP contribution in [0.3, 0.4) is 0 Å². The van der Waals surface area contributed by atoms with E-state index >= 15 is 0 Å². The number of nitrogens with two attached hydrogens (primary N) is 1. The quantitative estimate of drug-likeness (QED) is 0.745. The standard InChI is InChI=1S/C12H14N4O3S/c1-3-19-12(18)7-4-5-20-11(7)14-10(17)9-8(13)6(2)15-16-9/h4-5H,3,13H2,1-2H3,(H,14,17)(H,15,16). The monoisotopic (exact) mass is 294 g/mol. The second-order valence-corrected chi connectivity index (χ2v) is 4.86. The largest absolute Gasteiger partial charge is 0.462 e. The number of hydrogen-bond acceptors (Lipinski definition) is 6. The molecular formula is C12H14N4O3S. The van der Waals surface area contributed by atoms with E-state index < -0.39 is 11.9 Å². The number of amides is 1. The maximum Gasteiger partial charge on any atom is 0.341 e. The van der Waals surface area contributed by atoms with Crippen LogP contribution in [0.1, 0.15) is 33.5 Å². The molecule has 1 amide bonds. The van der Waals surface area contributed by atoms with Gasteiger partial charge in [0.1, 0.15) is 5.00 Å². The molecule has 2 rings (SSSR count). The molecule has 0 bridgehead atoms. The Bertz CT molecular complexity index is 647. The fourth-order valence-electron chi connectivity index (χ4n) is 1.55. The first-order valence-electron chi connectivity index (χ1n) is 5.91. The number of anilines is 2. The number of carbonyl (C=O) groups excluding carboxylic acids is 2. The SMILES string of the molecule is CCOC(=O)c1ccsc1NC(=O)c1n[nH]c(C)c1N. The third kappa shape index (κ3) is 2.64. The molecule has 20 heavy (non-hydrogen) atoms. The van der Waals surface area contributed by atoms with Crippen LogP contribution < -0.4 is 11.1 Å². The summed E-state index contributed by atoms with van der Waals surface area (Å²) in [5.74, 6) is -0.949. The molecule has 0 saturated carbocycles. The molecule has 0 spiro atoms. The topological polar surface area (TPSA) is 110 Å². The molecule has 4 N–H and O–H groups in total. The molecule has 2 heterocycles. The third-order valence-corrected chi connectivity index (χ3v) is 3.43. The van der Waals surface area contributed by atoms with Gasteiger partial charge in [-0.15, -0.1) is 11.3 Å². The van der Waals surface area contributed by atoms with Crippen molar-refractivity contribution in [3.8, 4) is 0 Å². The first-order valence-corrected chi connectivity index (χ1v) is 6.79. The van der Waals surface area contributed by atoms with Gasteiger partial charge in [-0.2, -0.15) is 5.10 Å². The minimum atomic E-state index is -0.477. The molecular weight excluding hydrogens is 280 g/mol. The maximum absolute atomic E-state index is 12.1. The summed E-state index contributed by atoms with van der Waals surface area (Å²) in [4.78, 5) is 23.8. The summed E-state index contributed by atoms with van der Waals surface area (Å²) in [6, 6.07) is 1.59. The van der Waals surface area contributed by atoms with Crippen LogP contribution in [0.5, 0.6) is 0 Å². The summed E-state index contributed by atoms with van der Waals surface area (Å²) >= 11 is 1.23. The lowest BCUT2D eigenvalue weighted by Crippen LogP contribution is -2.16. The molecule has 0 aliphatic carbocycles. The van der Waals surface area contributed by atoms with Gasteiger partial charge in [-0.3, -0.25) is 9.89 Å². The fraction of sp³-hybridized carbons (Fsp3) is 0.250. The van der Waals surface area contributed by atoms with Gasteiger partial charge in [-0.1, -0.05) is 0 Å².